The molecule has 2 aromatic heterocycles. The molecule has 2 unspecified atom stereocenters. The SMILES string of the molecule is CCC(C)N(/C=C\N)c1ccc(C2C(C#N)=C(N)Oc3c2c(-c2n[nH]c4ccccc24)nn3C)cc1. The number of nitrogens with two attached hydrogens (primary N) is 2. The summed E-state index contributed by atoms with van der Waals surface area (Å²) in [5.74, 6) is 0.108. The Kier molecular flexibility index (Phi) is 5.86. The predicted octanol–water partition coefficient (Wildman–Crippen LogP) is 4.22. The second-order valence-corrected chi connectivity index (χ2v) is 8.83. The van der Waals surface area contributed by atoms with E-state index in [4.69, 9.17) is 21.3 Å². The minimum Gasteiger partial charge on any atom is -0.422 e. The van der Waals surface area contributed by atoms with E-state index >= 15 is 0 Å². The third kappa shape index (κ3) is 3.64. The molecule has 0 saturated heterocycles. The van der Waals surface area contributed by atoms with Crippen molar-refractivity contribution in [2.75, 3.05) is 4.90 Å². The molecule has 0 amide bonds. The van der Waals surface area contributed by atoms with Gasteiger partial charge in [0.2, 0.25) is 11.8 Å². The maximum absolute atomic E-state index is 10.1. The number of aromatic amines is 1. The normalized spacial score (nSPS) is 16.1. The number of fused-ring (bicyclic) bond motifs is 2. The van der Waals surface area contributed by atoms with Crippen molar-refractivity contribution in [3.63, 3.8) is 0 Å². The molecule has 36 heavy (non-hydrogen) atoms. The highest BCUT2D eigenvalue weighted by molar-refractivity contribution is 5.93. The van der Waals surface area contributed by atoms with E-state index in [0.717, 1.165) is 34.1 Å². The summed E-state index contributed by atoms with van der Waals surface area (Å²) in [6, 6.07) is 18.5. The van der Waals surface area contributed by atoms with Crippen molar-refractivity contribution >= 4 is 16.6 Å². The maximum atomic E-state index is 10.1. The van der Waals surface area contributed by atoms with Gasteiger partial charge in [-0.05, 0) is 37.1 Å². The van der Waals surface area contributed by atoms with Crippen molar-refractivity contribution in [3.05, 3.63) is 83.5 Å². The van der Waals surface area contributed by atoms with E-state index in [0.29, 0.717) is 22.8 Å². The molecule has 2 atom stereocenters. The molecule has 9 nitrogen and oxygen atoms in total. The minimum absolute atomic E-state index is 0.0767. The first kappa shape index (κ1) is 23.1. The van der Waals surface area contributed by atoms with Gasteiger partial charge in [-0.2, -0.15) is 15.5 Å². The van der Waals surface area contributed by atoms with E-state index in [1.54, 1.807) is 11.7 Å². The van der Waals surface area contributed by atoms with Gasteiger partial charge in [0.15, 0.2) is 0 Å². The number of H-pyrrole nitrogens is 1. The molecule has 4 aromatic rings. The van der Waals surface area contributed by atoms with E-state index in [2.05, 4.69) is 35.0 Å². The fourth-order valence-electron chi connectivity index (χ4n) is 4.74. The minimum atomic E-state index is -0.464. The monoisotopic (exact) mass is 480 g/mol. The number of aryl methyl sites for hydroxylation is 1. The van der Waals surface area contributed by atoms with Crippen molar-refractivity contribution in [2.45, 2.75) is 32.2 Å². The second-order valence-electron chi connectivity index (χ2n) is 8.83. The third-order valence-corrected chi connectivity index (χ3v) is 6.73. The number of hydrogen-bond donors (Lipinski definition) is 3. The molecule has 182 valence electrons. The first-order chi connectivity index (χ1) is 17.5. The second kappa shape index (κ2) is 9.15. The van der Waals surface area contributed by atoms with Crippen molar-refractivity contribution in [3.8, 4) is 23.3 Å². The average molecular weight is 481 g/mol. The summed E-state index contributed by atoms with van der Waals surface area (Å²) in [4.78, 5) is 2.12. The largest absolute Gasteiger partial charge is 0.422 e. The molecule has 5 rings (SSSR count). The first-order valence-corrected chi connectivity index (χ1v) is 11.8. The summed E-state index contributed by atoms with van der Waals surface area (Å²) < 4.78 is 7.56. The van der Waals surface area contributed by atoms with Crippen molar-refractivity contribution in [2.24, 2.45) is 18.5 Å². The van der Waals surface area contributed by atoms with E-state index in [1.807, 2.05) is 54.7 Å². The number of hydrogen-bond acceptors (Lipinski definition) is 7. The fraction of sp³-hybridized carbons (Fsp3) is 0.222. The average Bonchev–Trinajstić information content (AvgIpc) is 3.47. The van der Waals surface area contributed by atoms with Crippen LogP contribution < -0.4 is 21.1 Å². The summed E-state index contributed by atoms with van der Waals surface area (Å²) in [5, 5.41) is 23.4. The number of nitrogens with one attached hydrogen (secondary N) is 1. The van der Waals surface area contributed by atoms with Crippen LogP contribution in [0.25, 0.3) is 22.3 Å². The van der Waals surface area contributed by atoms with Crippen LogP contribution in [0.5, 0.6) is 5.88 Å². The molecule has 0 spiro atoms. The van der Waals surface area contributed by atoms with E-state index in [-0.39, 0.29) is 11.9 Å². The number of benzene rings is 2. The van der Waals surface area contributed by atoms with Crippen molar-refractivity contribution < 1.29 is 4.74 Å². The molecule has 0 radical (unpaired) electrons. The van der Waals surface area contributed by atoms with Crippen LogP contribution in [0.1, 0.15) is 37.3 Å². The summed E-state index contributed by atoms with van der Waals surface area (Å²) in [5.41, 5.74) is 17.2. The van der Waals surface area contributed by atoms with Gasteiger partial charge in [-0.3, -0.25) is 5.10 Å². The first-order valence-electron chi connectivity index (χ1n) is 11.8. The number of rotatable bonds is 6. The predicted molar refractivity (Wildman–Crippen MR) is 140 cm³/mol. The van der Waals surface area contributed by atoms with Gasteiger partial charge in [-0.1, -0.05) is 37.3 Å². The van der Waals surface area contributed by atoms with Crippen LogP contribution >= 0.6 is 0 Å². The van der Waals surface area contributed by atoms with Crippen LogP contribution in [0.2, 0.25) is 0 Å². The Morgan fingerprint density at radius 2 is 1.97 bits per heavy atom. The summed E-state index contributed by atoms with van der Waals surface area (Å²) in [6.45, 7) is 4.28. The summed E-state index contributed by atoms with van der Waals surface area (Å²) >= 11 is 0. The molecule has 1 aliphatic heterocycles. The summed E-state index contributed by atoms with van der Waals surface area (Å²) in [7, 11) is 1.80. The van der Waals surface area contributed by atoms with Crippen LogP contribution in [0.3, 0.4) is 0 Å². The van der Waals surface area contributed by atoms with Gasteiger partial charge in [0.05, 0.1) is 17.0 Å². The number of nitriles is 1. The topological polar surface area (TPSA) is 135 Å². The van der Waals surface area contributed by atoms with Gasteiger partial charge in [-0.15, -0.1) is 0 Å². The Morgan fingerprint density at radius 1 is 1.22 bits per heavy atom. The highest BCUT2D eigenvalue weighted by Crippen LogP contribution is 2.47. The third-order valence-electron chi connectivity index (χ3n) is 6.73. The zero-order chi connectivity index (χ0) is 25.4. The van der Waals surface area contributed by atoms with Crippen LogP contribution in [-0.2, 0) is 7.05 Å². The van der Waals surface area contributed by atoms with Gasteiger partial charge in [0.1, 0.15) is 23.0 Å². The Labute approximate surface area is 209 Å². The van der Waals surface area contributed by atoms with Crippen molar-refractivity contribution in [1.29, 1.82) is 5.26 Å². The number of ether oxygens (including phenoxy) is 1. The number of aromatic nitrogens is 4. The fourth-order valence-corrected chi connectivity index (χ4v) is 4.74. The molecule has 0 saturated carbocycles. The Morgan fingerprint density at radius 3 is 2.67 bits per heavy atom. The zero-order valence-corrected chi connectivity index (χ0v) is 20.4. The van der Waals surface area contributed by atoms with Crippen LogP contribution in [0.4, 0.5) is 5.69 Å². The number of nitrogens with zero attached hydrogens (tertiary/aromatic N) is 5. The van der Waals surface area contributed by atoms with Gasteiger partial charge in [0, 0.05) is 36.6 Å². The van der Waals surface area contributed by atoms with Crippen LogP contribution in [0.15, 0.2) is 72.4 Å². The Hall–Kier alpha value is -4.71. The molecular weight excluding hydrogens is 452 g/mol. The highest BCUT2D eigenvalue weighted by atomic mass is 16.5. The van der Waals surface area contributed by atoms with E-state index < -0.39 is 5.92 Å². The lowest BCUT2D eigenvalue weighted by Gasteiger charge is -2.28. The lowest BCUT2D eigenvalue weighted by Crippen LogP contribution is -2.27. The molecule has 9 heteroatoms. The molecule has 0 aliphatic carbocycles. The Balaban J connectivity index is 1.67. The molecule has 0 bridgehead atoms. The van der Waals surface area contributed by atoms with Crippen LogP contribution in [-0.4, -0.2) is 26.0 Å². The summed E-state index contributed by atoms with van der Waals surface area (Å²) in [6.07, 6.45) is 4.37. The molecular formula is C27H28N8O. The van der Waals surface area contributed by atoms with Gasteiger partial charge < -0.3 is 21.1 Å². The molecule has 2 aromatic carbocycles. The number of para-hydroxylation sites is 1. The number of anilines is 1. The molecule has 1 aliphatic rings. The Bertz CT molecular complexity index is 1520. The van der Waals surface area contributed by atoms with Crippen LogP contribution in [0, 0.1) is 11.3 Å². The van der Waals surface area contributed by atoms with Gasteiger partial charge >= 0.3 is 0 Å². The quantitative estimate of drug-likeness (QED) is 0.376. The molecule has 5 N–H and O–H groups in total. The van der Waals surface area contributed by atoms with Gasteiger partial charge in [0.25, 0.3) is 0 Å². The smallest absolute Gasteiger partial charge is 0.224 e. The lowest BCUT2D eigenvalue weighted by atomic mass is 9.83. The van der Waals surface area contributed by atoms with E-state index in [1.165, 1.54) is 6.20 Å². The van der Waals surface area contributed by atoms with E-state index in [9.17, 15) is 5.26 Å². The zero-order valence-electron chi connectivity index (χ0n) is 20.4. The highest BCUT2D eigenvalue weighted by Gasteiger charge is 2.37. The van der Waals surface area contributed by atoms with Gasteiger partial charge in [-0.25, -0.2) is 4.68 Å². The number of allylic oxidation sites excluding steroid dienone is 1. The lowest BCUT2D eigenvalue weighted by molar-refractivity contribution is 0.358. The molecule has 3 heterocycles. The maximum Gasteiger partial charge on any atom is 0.224 e. The standard InChI is InChI=1S/C27H28N8O/c1-4-16(2)35(14-13-28)18-11-9-17(10-12-18)22-20(15-29)26(30)36-27-23(22)25(33-34(27)3)24-19-7-5-6-8-21(19)31-32-24/h5-14,16,22H,4,28,30H2,1-3H3,(H,31,32)/b14-13-. The van der Waals surface area contributed by atoms with Crippen molar-refractivity contribution in [1.82, 2.24) is 20.0 Å². The molecule has 0 fully saturated rings.